The van der Waals surface area contributed by atoms with Crippen molar-refractivity contribution in [3.05, 3.63) is 59.6 Å². The number of nitrogens with zero attached hydrogens (tertiary/aromatic N) is 3. The van der Waals surface area contributed by atoms with Gasteiger partial charge >= 0.3 is 0 Å². The normalized spacial score (nSPS) is 15.6. The van der Waals surface area contributed by atoms with Gasteiger partial charge in [0.05, 0.1) is 24.0 Å². The molecule has 0 aliphatic carbocycles. The lowest BCUT2D eigenvalue weighted by Crippen LogP contribution is -2.33. The molecule has 2 N–H and O–H groups in total. The zero-order chi connectivity index (χ0) is 20.2. The van der Waals surface area contributed by atoms with E-state index in [2.05, 4.69) is 20.9 Å². The van der Waals surface area contributed by atoms with Gasteiger partial charge in [0, 0.05) is 31.6 Å². The number of hydrogen-bond acceptors (Lipinski definition) is 5. The number of carbonyl (C=O) groups excluding carboxylic acids is 2. The van der Waals surface area contributed by atoms with Crippen molar-refractivity contribution in [1.29, 1.82) is 0 Å². The third kappa shape index (κ3) is 4.37. The second kappa shape index (κ2) is 8.30. The first kappa shape index (κ1) is 18.9. The Labute approximate surface area is 168 Å². The summed E-state index contributed by atoms with van der Waals surface area (Å²) in [4.78, 5) is 23.9. The summed E-state index contributed by atoms with van der Waals surface area (Å²) < 4.78 is 7.22. The van der Waals surface area contributed by atoms with Gasteiger partial charge in [-0.1, -0.05) is 35.5 Å². The van der Waals surface area contributed by atoms with E-state index >= 15 is 0 Å². The van der Waals surface area contributed by atoms with Gasteiger partial charge in [0.25, 0.3) is 5.91 Å². The molecule has 0 radical (unpaired) electrons. The summed E-state index contributed by atoms with van der Waals surface area (Å²) in [7, 11) is 0. The number of amides is 2. The van der Waals surface area contributed by atoms with Crippen LogP contribution in [0.4, 0.5) is 0 Å². The highest BCUT2D eigenvalue weighted by Crippen LogP contribution is 2.23. The van der Waals surface area contributed by atoms with Crippen LogP contribution in [0.1, 0.15) is 35.2 Å². The number of aromatic nitrogens is 3. The number of carbonyl (C=O) groups is 2. The van der Waals surface area contributed by atoms with Crippen molar-refractivity contribution in [3.8, 4) is 11.3 Å². The Morgan fingerprint density at radius 2 is 2.07 bits per heavy atom. The van der Waals surface area contributed by atoms with E-state index in [1.165, 1.54) is 6.92 Å². The molecule has 3 heterocycles. The van der Waals surface area contributed by atoms with E-state index in [4.69, 9.17) is 4.52 Å². The molecule has 1 aliphatic heterocycles. The van der Waals surface area contributed by atoms with Crippen molar-refractivity contribution in [2.75, 3.05) is 6.54 Å². The molecule has 1 aliphatic rings. The summed E-state index contributed by atoms with van der Waals surface area (Å²) in [5.74, 6) is 0.659. The Morgan fingerprint density at radius 3 is 2.86 bits per heavy atom. The van der Waals surface area contributed by atoms with Gasteiger partial charge < -0.3 is 15.2 Å². The number of rotatable bonds is 6. The van der Waals surface area contributed by atoms with Crippen molar-refractivity contribution < 1.29 is 14.1 Å². The topological polar surface area (TPSA) is 102 Å². The summed E-state index contributed by atoms with van der Waals surface area (Å²) in [6, 6.07) is 11.6. The predicted molar refractivity (Wildman–Crippen MR) is 106 cm³/mol. The van der Waals surface area contributed by atoms with Crippen molar-refractivity contribution in [2.45, 2.75) is 32.9 Å². The molecule has 3 aromatic rings. The number of benzene rings is 1. The van der Waals surface area contributed by atoms with Gasteiger partial charge in [-0.05, 0) is 18.8 Å². The minimum Gasteiger partial charge on any atom is -0.359 e. The van der Waals surface area contributed by atoms with Gasteiger partial charge in [0.2, 0.25) is 5.91 Å². The summed E-state index contributed by atoms with van der Waals surface area (Å²) >= 11 is 0. The molecular weight excluding hydrogens is 370 g/mol. The van der Waals surface area contributed by atoms with Crippen LogP contribution in [0.3, 0.4) is 0 Å². The maximum Gasteiger partial charge on any atom is 0.255 e. The molecular formula is C21H23N5O3. The number of fused-ring (bicyclic) bond motifs is 1. The highest BCUT2D eigenvalue weighted by molar-refractivity contribution is 5.95. The van der Waals surface area contributed by atoms with Gasteiger partial charge in [-0.3, -0.25) is 14.3 Å². The predicted octanol–water partition coefficient (Wildman–Crippen LogP) is 2.17. The van der Waals surface area contributed by atoms with E-state index in [0.29, 0.717) is 30.2 Å². The molecule has 2 aromatic heterocycles. The van der Waals surface area contributed by atoms with Crippen molar-refractivity contribution in [1.82, 2.24) is 25.6 Å². The third-order valence-corrected chi connectivity index (χ3v) is 5.12. The van der Waals surface area contributed by atoms with Crippen LogP contribution in [-0.2, 0) is 24.3 Å². The van der Waals surface area contributed by atoms with E-state index in [9.17, 15) is 9.59 Å². The maximum atomic E-state index is 12.7. The first-order valence-electron chi connectivity index (χ1n) is 9.68. The standard InChI is InChI=1S/C21H23N5O3/c1-14(27)22-11-15-7-8-26-20(9-15)18(13-24-26)21(28)23-12-17-10-19(25-29-17)16-5-3-2-4-6-16/h2-6,10,13,15H,7-9,11-12H2,1H3,(H,22,27)(H,23,28). The van der Waals surface area contributed by atoms with Gasteiger partial charge in [-0.2, -0.15) is 5.10 Å². The Balaban J connectivity index is 1.38. The highest BCUT2D eigenvalue weighted by Gasteiger charge is 2.25. The van der Waals surface area contributed by atoms with Crippen LogP contribution >= 0.6 is 0 Å². The van der Waals surface area contributed by atoms with Crippen molar-refractivity contribution in [3.63, 3.8) is 0 Å². The summed E-state index contributed by atoms with van der Waals surface area (Å²) in [5, 5.41) is 14.2. The van der Waals surface area contributed by atoms with Gasteiger partial charge in [0.15, 0.2) is 5.76 Å². The van der Waals surface area contributed by atoms with Gasteiger partial charge in [-0.15, -0.1) is 0 Å². The molecule has 8 heteroatoms. The van der Waals surface area contributed by atoms with Crippen LogP contribution in [0.2, 0.25) is 0 Å². The van der Waals surface area contributed by atoms with E-state index in [1.54, 1.807) is 6.20 Å². The average Bonchev–Trinajstić information content (AvgIpc) is 3.38. The van der Waals surface area contributed by atoms with Crippen LogP contribution in [0.5, 0.6) is 0 Å². The monoisotopic (exact) mass is 393 g/mol. The molecule has 8 nitrogen and oxygen atoms in total. The average molecular weight is 393 g/mol. The van der Waals surface area contributed by atoms with E-state index in [1.807, 2.05) is 41.1 Å². The molecule has 29 heavy (non-hydrogen) atoms. The smallest absolute Gasteiger partial charge is 0.255 e. The summed E-state index contributed by atoms with van der Waals surface area (Å²) in [5.41, 5.74) is 3.18. The van der Waals surface area contributed by atoms with E-state index < -0.39 is 0 Å². The zero-order valence-corrected chi connectivity index (χ0v) is 16.2. The number of aryl methyl sites for hydroxylation is 1. The Kier molecular flexibility index (Phi) is 5.41. The molecule has 1 unspecified atom stereocenters. The fourth-order valence-electron chi connectivity index (χ4n) is 3.55. The van der Waals surface area contributed by atoms with Crippen LogP contribution in [0.25, 0.3) is 11.3 Å². The molecule has 1 aromatic carbocycles. The fourth-order valence-corrected chi connectivity index (χ4v) is 3.55. The SMILES string of the molecule is CC(=O)NCC1CCn2ncc(C(=O)NCc3cc(-c4ccccc4)no3)c2C1. The molecule has 0 spiro atoms. The number of nitrogens with one attached hydrogen (secondary N) is 2. The fraction of sp³-hybridized carbons (Fsp3) is 0.333. The highest BCUT2D eigenvalue weighted by atomic mass is 16.5. The molecule has 0 saturated heterocycles. The minimum absolute atomic E-state index is 0.0380. The molecule has 0 saturated carbocycles. The molecule has 150 valence electrons. The lowest BCUT2D eigenvalue weighted by Gasteiger charge is -2.24. The number of hydrogen-bond donors (Lipinski definition) is 2. The summed E-state index contributed by atoms with van der Waals surface area (Å²) in [6.07, 6.45) is 3.25. The molecule has 4 rings (SSSR count). The lowest BCUT2D eigenvalue weighted by molar-refractivity contribution is -0.119. The quantitative estimate of drug-likeness (QED) is 0.668. The Bertz CT molecular complexity index is 1010. The Morgan fingerprint density at radius 1 is 1.24 bits per heavy atom. The second-order valence-corrected chi connectivity index (χ2v) is 7.25. The second-order valence-electron chi connectivity index (χ2n) is 7.25. The maximum absolute atomic E-state index is 12.7. The van der Waals surface area contributed by atoms with Crippen LogP contribution in [0.15, 0.2) is 47.1 Å². The Hall–Kier alpha value is -3.42. The van der Waals surface area contributed by atoms with Gasteiger partial charge in [0.1, 0.15) is 5.69 Å². The van der Waals surface area contributed by atoms with E-state index in [-0.39, 0.29) is 18.4 Å². The lowest BCUT2D eigenvalue weighted by atomic mass is 9.94. The zero-order valence-electron chi connectivity index (χ0n) is 16.2. The van der Waals surface area contributed by atoms with Crippen LogP contribution < -0.4 is 10.6 Å². The van der Waals surface area contributed by atoms with Crippen molar-refractivity contribution >= 4 is 11.8 Å². The largest absolute Gasteiger partial charge is 0.359 e. The van der Waals surface area contributed by atoms with Crippen LogP contribution in [-0.4, -0.2) is 33.3 Å². The third-order valence-electron chi connectivity index (χ3n) is 5.12. The van der Waals surface area contributed by atoms with E-state index in [0.717, 1.165) is 29.9 Å². The summed E-state index contributed by atoms with van der Waals surface area (Å²) in [6.45, 7) is 3.12. The molecule has 1 atom stereocenters. The van der Waals surface area contributed by atoms with Crippen molar-refractivity contribution in [2.24, 2.45) is 5.92 Å². The molecule has 0 bridgehead atoms. The molecule has 0 fully saturated rings. The first-order valence-corrected chi connectivity index (χ1v) is 9.68. The minimum atomic E-state index is -0.191. The molecule has 2 amide bonds. The van der Waals surface area contributed by atoms with Crippen LogP contribution in [0, 0.1) is 5.92 Å². The first-order chi connectivity index (χ1) is 14.1. The van der Waals surface area contributed by atoms with Gasteiger partial charge in [-0.25, -0.2) is 0 Å².